The number of aromatic hydroxyl groups is 1. The SMILES string of the molecule is CC(C)(NC(=O)C1=C(O)C2Oc3c(O)ccc4c3[C@@]23CCN(CC2CC2)[C@H](C4)[C@]3(O)C1)c1nc(-c2ccccc2)no1.Cc1ccc(S(=O)(=O)O)cc1. The number of likely N-dealkylation sites (tertiary alicyclic amines) is 1. The zero-order valence-electron chi connectivity index (χ0n) is 29.6. The summed E-state index contributed by atoms with van der Waals surface area (Å²) in [6.07, 6.45) is 2.49. The van der Waals surface area contributed by atoms with Crippen LogP contribution in [0.5, 0.6) is 11.5 Å². The number of rotatable bonds is 7. The third-order valence-corrected chi connectivity index (χ3v) is 12.4. The van der Waals surface area contributed by atoms with E-state index in [1.165, 1.54) is 25.0 Å². The molecule has 0 radical (unpaired) electrons. The smallest absolute Gasteiger partial charge is 0.294 e. The van der Waals surface area contributed by atoms with Gasteiger partial charge in [0.2, 0.25) is 5.82 Å². The zero-order valence-corrected chi connectivity index (χ0v) is 30.4. The van der Waals surface area contributed by atoms with Crippen molar-refractivity contribution >= 4 is 16.0 Å². The van der Waals surface area contributed by atoms with Gasteiger partial charge in [-0.1, -0.05) is 59.3 Å². The highest BCUT2D eigenvalue weighted by molar-refractivity contribution is 7.85. The molecular weight excluding hydrogens is 701 g/mol. The predicted molar refractivity (Wildman–Crippen MR) is 192 cm³/mol. The van der Waals surface area contributed by atoms with E-state index in [9.17, 15) is 28.5 Å². The van der Waals surface area contributed by atoms with Gasteiger partial charge in [0.1, 0.15) is 11.3 Å². The average Bonchev–Trinajstić information content (AvgIpc) is 3.63. The number of ether oxygens (including phenoxy) is 1. The highest BCUT2D eigenvalue weighted by atomic mass is 32.2. The van der Waals surface area contributed by atoms with Gasteiger partial charge in [-0.15, -0.1) is 0 Å². The number of phenolic OH excluding ortho intramolecular Hbond substituents is 1. The Balaban J connectivity index is 0.000000314. The summed E-state index contributed by atoms with van der Waals surface area (Å²) in [5.74, 6) is 0.777. The average molecular weight is 743 g/mol. The second-order valence-electron chi connectivity index (χ2n) is 15.4. The first-order chi connectivity index (χ1) is 25.1. The Morgan fingerprint density at radius 2 is 1.77 bits per heavy atom. The summed E-state index contributed by atoms with van der Waals surface area (Å²) in [6, 6.07) is 18.7. The molecule has 2 fully saturated rings. The molecule has 2 aliphatic heterocycles. The summed E-state index contributed by atoms with van der Waals surface area (Å²) in [4.78, 5) is 20.8. The molecule has 5 aliphatic rings. The van der Waals surface area contributed by atoms with Gasteiger partial charge in [0.05, 0.1) is 21.5 Å². The van der Waals surface area contributed by atoms with E-state index in [0.717, 1.165) is 35.3 Å². The molecule has 53 heavy (non-hydrogen) atoms. The number of carbonyl (C=O) groups excluding carboxylic acids is 1. The molecule has 14 heteroatoms. The topological polar surface area (TPSA) is 196 Å². The summed E-state index contributed by atoms with van der Waals surface area (Å²) in [6.45, 7) is 7.00. The number of aliphatic hydroxyl groups excluding tert-OH is 1. The third kappa shape index (κ3) is 5.79. The lowest BCUT2D eigenvalue weighted by Gasteiger charge is -2.62. The van der Waals surface area contributed by atoms with Crippen molar-refractivity contribution in [2.45, 2.75) is 86.5 Å². The van der Waals surface area contributed by atoms with Crippen LogP contribution in [0.15, 0.2) is 87.5 Å². The van der Waals surface area contributed by atoms with Crippen LogP contribution in [0, 0.1) is 12.8 Å². The minimum atomic E-state index is -4.02. The highest BCUT2D eigenvalue weighted by Gasteiger charge is 2.73. The molecule has 1 amide bonds. The fraction of sp³-hybridized carbons (Fsp3) is 0.410. The first-order valence-electron chi connectivity index (χ1n) is 17.8. The minimum absolute atomic E-state index is 0.0238. The van der Waals surface area contributed by atoms with E-state index in [-0.39, 0.29) is 40.3 Å². The van der Waals surface area contributed by atoms with Crippen molar-refractivity contribution in [3.63, 3.8) is 0 Å². The second-order valence-corrected chi connectivity index (χ2v) is 16.9. The zero-order chi connectivity index (χ0) is 37.5. The van der Waals surface area contributed by atoms with Crippen molar-refractivity contribution < 1.29 is 42.3 Å². The molecule has 5 N–H and O–H groups in total. The van der Waals surface area contributed by atoms with Crippen molar-refractivity contribution in [2.75, 3.05) is 13.1 Å². The second kappa shape index (κ2) is 12.4. The van der Waals surface area contributed by atoms with E-state index < -0.39 is 38.7 Å². The van der Waals surface area contributed by atoms with Crippen LogP contribution >= 0.6 is 0 Å². The van der Waals surface area contributed by atoms with Gasteiger partial charge in [0, 0.05) is 30.1 Å². The number of nitrogens with zero attached hydrogens (tertiary/aromatic N) is 3. The number of benzene rings is 3. The van der Waals surface area contributed by atoms with Gasteiger partial charge in [-0.25, -0.2) is 0 Å². The van der Waals surface area contributed by atoms with Crippen LogP contribution in [0.25, 0.3) is 11.4 Å². The quantitative estimate of drug-likeness (QED) is 0.164. The molecule has 3 aromatic carbocycles. The van der Waals surface area contributed by atoms with Crippen molar-refractivity contribution in [1.82, 2.24) is 20.4 Å². The molecule has 4 atom stereocenters. The monoisotopic (exact) mass is 742 g/mol. The number of aromatic nitrogens is 2. The molecule has 9 rings (SSSR count). The van der Waals surface area contributed by atoms with Crippen LogP contribution in [0.3, 0.4) is 0 Å². The van der Waals surface area contributed by atoms with Crippen LogP contribution in [-0.4, -0.2) is 80.1 Å². The normalized spacial score (nSPS) is 25.9. The first kappa shape index (κ1) is 35.3. The molecule has 2 bridgehead atoms. The molecular formula is C39H42N4O9S. The Morgan fingerprint density at radius 3 is 2.45 bits per heavy atom. The van der Waals surface area contributed by atoms with Gasteiger partial charge in [-0.3, -0.25) is 14.2 Å². The summed E-state index contributed by atoms with van der Waals surface area (Å²) < 4.78 is 41.4. The lowest BCUT2D eigenvalue weighted by molar-refractivity contribution is -0.172. The highest BCUT2D eigenvalue weighted by Crippen LogP contribution is 2.66. The van der Waals surface area contributed by atoms with Crippen LogP contribution in [-0.2, 0) is 32.3 Å². The molecule has 1 unspecified atom stereocenters. The summed E-state index contributed by atoms with van der Waals surface area (Å²) in [7, 11) is -4.02. The van der Waals surface area contributed by atoms with Crippen molar-refractivity contribution in [3.05, 3.63) is 101 Å². The molecule has 13 nitrogen and oxygen atoms in total. The molecule has 1 saturated carbocycles. The molecule has 1 spiro atoms. The minimum Gasteiger partial charge on any atom is -0.508 e. The van der Waals surface area contributed by atoms with E-state index in [1.54, 1.807) is 32.0 Å². The maximum Gasteiger partial charge on any atom is 0.294 e. The molecule has 1 aromatic heterocycles. The molecule has 3 aliphatic carbocycles. The Hall–Kier alpha value is -4.76. The van der Waals surface area contributed by atoms with Gasteiger partial charge in [-0.2, -0.15) is 13.4 Å². The molecule has 278 valence electrons. The standard InChI is InChI=1S/C32H34N4O6.C7H8O3S/c1-30(2,29-33-27(35-42-29)18-6-4-3-5-7-18)34-28(39)20-15-32(40)22-14-19-10-11-21(37)25-23(19)31(32,26(41-25)24(20)38)12-13-36(22)16-17-8-9-17;1-6-2-4-7(5-3-6)11(8,9)10/h3-7,10-11,17,22,26,37-38,40H,8-9,12-16H2,1-2H3,(H,34,39);2-5H,1H3,(H,8,9,10)/t22-,26?,31+,32-;/m1./s1. The van der Waals surface area contributed by atoms with Crippen molar-refractivity contribution in [1.29, 1.82) is 0 Å². The largest absolute Gasteiger partial charge is 0.508 e. The fourth-order valence-corrected chi connectivity index (χ4v) is 9.15. The third-order valence-electron chi connectivity index (χ3n) is 11.5. The summed E-state index contributed by atoms with van der Waals surface area (Å²) >= 11 is 0. The molecule has 4 aromatic rings. The number of hydrogen-bond donors (Lipinski definition) is 5. The van der Waals surface area contributed by atoms with E-state index in [0.29, 0.717) is 30.3 Å². The van der Waals surface area contributed by atoms with E-state index >= 15 is 0 Å². The Morgan fingerprint density at radius 1 is 1.06 bits per heavy atom. The van der Waals surface area contributed by atoms with E-state index in [1.807, 2.05) is 43.3 Å². The lowest BCUT2D eigenvalue weighted by atomic mass is 9.49. The van der Waals surface area contributed by atoms with Gasteiger partial charge >= 0.3 is 0 Å². The van der Waals surface area contributed by atoms with E-state index in [4.69, 9.17) is 13.8 Å². The first-order valence-corrected chi connectivity index (χ1v) is 19.2. The molecule has 1 saturated heterocycles. The summed E-state index contributed by atoms with van der Waals surface area (Å²) in [5, 5.41) is 42.4. The maximum absolute atomic E-state index is 14.0. The van der Waals surface area contributed by atoms with Gasteiger partial charge < -0.3 is 29.9 Å². The van der Waals surface area contributed by atoms with Crippen LogP contribution in [0.4, 0.5) is 0 Å². The van der Waals surface area contributed by atoms with Crippen LogP contribution in [0.2, 0.25) is 0 Å². The number of amides is 1. The Bertz CT molecular complexity index is 2230. The maximum atomic E-state index is 14.0. The van der Waals surface area contributed by atoms with Gasteiger partial charge in [0.15, 0.2) is 17.6 Å². The molecule has 3 heterocycles. The number of nitrogens with one attached hydrogen (secondary N) is 1. The fourth-order valence-electron chi connectivity index (χ4n) is 8.67. The van der Waals surface area contributed by atoms with Crippen molar-refractivity contribution in [3.8, 4) is 22.9 Å². The number of piperidine rings is 1. The van der Waals surface area contributed by atoms with Crippen molar-refractivity contribution in [2.24, 2.45) is 5.92 Å². The number of hydrogen-bond acceptors (Lipinski definition) is 11. The Kier molecular flexibility index (Phi) is 8.26. The van der Waals surface area contributed by atoms with Gasteiger partial charge in [-0.05, 0) is 82.7 Å². The number of aliphatic hydroxyl groups is 2. The van der Waals surface area contributed by atoms with Gasteiger partial charge in [0.25, 0.3) is 21.9 Å². The summed E-state index contributed by atoms with van der Waals surface area (Å²) in [5.41, 5.74) is 0.198. The van der Waals surface area contributed by atoms with Crippen LogP contribution in [0.1, 0.15) is 62.1 Å². The Labute approximate surface area is 307 Å². The number of phenols is 1. The predicted octanol–water partition coefficient (Wildman–Crippen LogP) is 4.72. The number of aryl methyl sites for hydroxylation is 1. The lowest BCUT2D eigenvalue weighted by Crippen LogP contribution is -2.76. The van der Waals surface area contributed by atoms with Crippen LogP contribution < -0.4 is 10.1 Å². The number of carbonyl (C=O) groups is 1. The van der Waals surface area contributed by atoms with E-state index in [2.05, 4.69) is 20.4 Å².